The smallest absolute Gasteiger partial charge is 0.255 e. The highest BCUT2D eigenvalue weighted by molar-refractivity contribution is 6.04. The summed E-state index contributed by atoms with van der Waals surface area (Å²) < 4.78 is 0. The quantitative estimate of drug-likeness (QED) is 0.751. The number of hydrogen-bond donors (Lipinski definition) is 1. The van der Waals surface area contributed by atoms with Crippen molar-refractivity contribution in [3.05, 3.63) is 64.7 Å². The second-order valence-corrected chi connectivity index (χ2v) is 7.77. The summed E-state index contributed by atoms with van der Waals surface area (Å²) >= 11 is 0. The molecule has 0 aliphatic heterocycles. The Morgan fingerprint density at radius 3 is 2.57 bits per heavy atom. The molecule has 0 heterocycles. The van der Waals surface area contributed by atoms with Crippen molar-refractivity contribution in [1.82, 2.24) is 5.06 Å². The van der Waals surface area contributed by atoms with Crippen molar-refractivity contribution in [2.45, 2.75) is 39.0 Å². The number of hydrogen-bond acceptors (Lipinski definition) is 3. The van der Waals surface area contributed by atoms with Gasteiger partial charge in [-0.2, -0.15) is 0 Å². The van der Waals surface area contributed by atoms with Gasteiger partial charge in [-0.3, -0.25) is 14.4 Å². The van der Waals surface area contributed by atoms with Crippen LogP contribution in [0.2, 0.25) is 0 Å². The molecule has 1 aliphatic rings. The Balaban J connectivity index is 1.70. The minimum Gasteiger partial charge on any atom is -0.322 e. The largest absolute Gasteiger partial charge is 0.322 e. The molecule has 1 N–H and O–H groups in total. The van der Waals surface area contributed by atoms with Crippen LogP contribution in [0, 0.1) is 12.8 Å². The molecular weight excluding hydrogens is 352 g/mol. The zero-order valence-corrected chi connectivity index (χ0v) is 17.2. The monoisotopic (exact) mass is 380 g/mol. The maximum Gasteiger partial charge on any atom is 0.255 e. The normalized spacial score (nSPS) is 18.1. The molecule has 28 heavy (non-hydrogen) atoms. The summed E-state index contributed by atoms with van der Waals surface area (Å²) in [4.78, 5) is 29.9. The first kappa shape index (κ1) is 20.1. The summed E-state index contributed by atoms with van der Waals surface area (Å²) in [6.45, 7) is 6.38. The molecular formula is C23H28N2O3. The van der Waals surface area contributed by atoms with E-state index in [1.54, 1.807) is 13.1 Å². The van der Waals surface area contributed by atoms with Gasteiger partial charge in [-0.05, 0) is 66.1 Å². The number of nitrogens with zero attached hydrogens (tertiary/aromatic N) is 1. The summed E-state index contributed by atoms with van der Waals surface area (Å²) in [6, 6.07) is 13.6. The Hall–Kier alpha value is -2.66. The van der Waals surface area contributed by atoms with E-state index >= 15 is 0 Å². The van der Waals surface area contributed by atoms with Gasteiger partial charge in [-0.1, -0.05) is 32.0 Å². The number of rotatable bonds is 6. The van der Waals surface area contributed by atoms with Gasteiger partial charge in [0.25, 0.3) is 5.91 Å². The van der Waals surface area contributed by atoms with Gasteiger partial charge >= 0.3 is 0 Å². The molecule has 0 spiro atoms. The van der Waals surface area contributed by atoms with E-state index in [9.17, 15) is 9.59 Å². The van der Waals surface area contributed by atoms with Crippen LogP contribution in [0.15, 0.2) is 42.5 Å². The zero-order chi connectivity index (χ0) is 20.4. The zero-order valence-electron chi connectivity index (χ0n) is 17.2. The molecule has 0 saturated heterocycles. The van der Waals surface area contributed by atoms with Crippen LogP contribution in [0.1, 0.15) is 59.2 Å². The molecule has 1 fully saturated rings. The van der Waals surface area contributed by atoms with E-state index in [-0.39, 0.29) is 23.7 Å². The molecule has 5 nitrogen and oxygen atoms in total. The molecule has 1 aliphatic carbocycles. The Morgan fingerprint density at radius 1 is 1.18 bits per heavy atom. The van der Waals surface area contributed by atoms with Crippen LogP contribution in [0.4, 0.5) is 5.69 Å². The van der Waals surface area contributed by atoms with E-state index in [4.69, 9.17) is 4.84 Å². The van der Waals surface area contributed by atoms with Gasteiger partial charge in [0.15, 0.2) is 0 Å². The van der Waals surface area contributed by atoms with Crippen molar-refractivity contribution < 1.29 is 14.4 Å². The third-order valence-corrected chi connectivity index (χ3v) is 5.42. The van der Waals surface area contributed by atoms with Gasteiger partial charge < -0.3 is 5.32 Å². The van der Waals surface area contributed by atoms with E-state index in [0.29, 0.717) is 11.5 Å². The molecule has 2 unspecified atom stereocenters. The first-order chi connectivity index (χ1) is 13.3. The summed E-state index contributed by atoms with van der Waals surface area (Å²) in [6.07, 6.45) is 0.785. The lowest BCUT2D eigenvalue weighted by molar-refractivity contribution is -0.170. The maximum atomic E-state index is 12.7. The predicted octanol–water partition coefficient (Wildman–Crippen LogP) is 4.49. The maximum absolute atomic E-state index is 12.7. The van der Waals surface area contributed by atoms with Gasteiger partial charge in [0.1, 0.15) is 0 Å². The van der Waals surface area contributed by atoms with E-state index in [2.05, 4.69) is 32.2 Å². The molecule has 0 aromatic heterocycles. The summed E-state index contributed by atoms with van der Waals surface area (Å²) in [5.74, 6) is 0.354. The molecule has 148 valence electrons. The molecule has 2 aromatic rings. The minimum atomic E-state index is -0.143. The number of anilines is 1. The molecule has 1 saturated carbocycles. The van der Waals surface area contributed by atoms with Crippen LogP contribution >= 0.6 is 0 Å². The SMILES string of the molecule is CON(C)C(=O)C1CC1c1cccc(C(=O)Nc2ccc(C(C)C)c(C)c2)c1. The number of amides is 2. The Morgan fingerprint density at radius 2 is 1.93 bits per heavy atom. The van der Waals surface area contributed by atoms with Crippen molar-refractivity contribution in [3.8, 4) is 0 Å². The number of carbonyl (C=O) groups is 2. The molecule has 2 atom stereocenters. The third-order valence-electron chi connectivity index (χ3n) is 5.42. The van der Waals surface area contributed by atoms with E-state index in [0.717, 1.165) is 17.7 Å². The van der Waals surface area contributed by atoms with Crippen LogP contribution in [0.25, 0.3) is 0 Å². The van der Waals surface area contributed by atoms with E-state index in [1.807, 2.05) is 30.3 Å². The van der Waals surface area contributed by atoms with Crippen molar-refractivity contribution in [2.75, 3.05) is 19.5 Å². The van der Waals surface area contributed by atoms with Crippen LogP contribution < -0.4 is 5.32 Å². The van der Waals surface area contributed by atoms with Gasteiger partial charge in [-0.25, -0.2) is 5.06 Å². The van der Waals surface area contributed by atoms with Crippen molar-refractivity contribution in [2.24, 2.45) is 5.92 Å². The van der Waals surface area contributed by atoms with Crippen molar-refractivity contribution >= 4 is 17.5 Å². The van der Waals surface area contributed by atoms with Crippen molar-refractivity contribution in [3.63, 3.8) is 0 Å². The topological polar surface area (TPSA) is 58.6 Å². The first-order valence-electron chi connectivity index (χ1n) is 9.65. The lowest BCUT2D eigenvalue weighted by Crippen LogP contribution is -2.27. The molecule has 0 bridgehead atoms. The predicted molar refractivity (Wildman–Crippen MR) is 110 cm³/mol. The van der Waals surface area contributed by atoms with E-state index < -0.39 is 0 Å². The highest BCUT2D eigenvalue weighted by Gasteiger charge is 2.45. The lowest BCUT2D eigenvalue weighted by atomic mass is 9.97. The first-order valence-corrected chi connectivity index (χ1v) is 9.65. The molecule has 2 aromatic carbocycles. The average molecular weight is 380 g/mol. The average Bonchev–Trinajstić information content (AvgIpc) is 3.47. The van der Waals surface area contributed by atoms with Crippen LogP contribution in [-0.2, 0) is 9.63 Å². The summed E-state index contributed by atoms with van der Waals surface area (Å²) in [5, 5.41) is 4.25. The Kier molecular flexibility index (Phi) is 5.84. The standard InChI is InChI=1S/C23H28N2O3/c1-14(2)19-10-9-18(11-15(19)3)24-22(26)17-8-6-7-16(12-17)20-13-21(20)23(27)25(4)28-5/h6-12,14,20-21H,13H2,1-5H3,(H,24,26). The van der Waals surface area contributed by atoms with Crippen LogP contribution in [-0.4, -0.2) is 31.0 Å². The third kappa shape index (κ3) is 4.25. The van der Waals surface area contributed by atoms with Gasteiger partial charge in [-0.15, -0.1) is 0 Å². The second kappa shape index (κ2) is 8.15. The van der Waals surface area contributed by atoms with Crippen LogP contribution in [0.3, 0.4) is 0 Å². The lowest BCUT2D eigenvalue weighted by Gasteiger charge is -2.14. The Labute approximate surface area is 166 Å². The Bertz CT molecular complexity index is 891. The van der Waals surface area contributed by atoms with E-state index in [1.165, 1.54) is 23.3 Å². The highest BCUT2D eigenvalue weighted by Crippen LogP contribution is 2.48. The molecule has 3 rings (SSSR count). The fourth-order valence-electron chi connectivity index (χ4n) is 3.67. The molecule has 5 heteroatoms. The number of benzene rings is 2. The number of aryl methyl sites for hydroxylation is 1. The summed E-state index contributed by atoms with van der Waals surface area (Å²) in [7, 11) is 3.10. The number of hydroxylamine groups is 2. The molecule has 0 radical (unpaired) electrons. The number of carbonyl (C=O) groups excluding carboxylic acids is 2. The number of nitrogens with one attached hydrogen (secondary N) is 1. The highest BCUT2D eigenvalue weighted by atomic mass is 16.7. The van der Waals surface area contributed by atoms with Gasteiger partial charge in [0, 0.05) is 24.2 Å². The fraction of sp³-hybridized carbons (Fsp3) is 0.391. The summed E-state index contributed by atoms with van der Waals surface area (Å²) in [5.41, 5.74) is 4.86. The van der Waals surface area contributed by atoms with Crippen molar-refractivity contribution in [1.29, 1.82) is 0 Å². The fourth-order valence-corrected chi connectivity index (χ4v) is 3.67. The minimum absolute atomic E-state index is 0.0249. The van der Waals surface area contributed by atoms with Gasteiger partial charge in [0.05, 0.1) is 7.11 Å². The second-order valence-electron chi connectivity index (χ2n) is 7.77. The van der Waals surface area contributed by atoms with Crippen LogP contribution in [0.5, 0.6) is 0 Å². The van der Waals surface area contributed by atoms with Gasteiger partial charge in [0.2, 0.25) is 5.91 Å². The molecule has 2 amide bonds.